The first-order valence-electron chi connectivity index (χ1n) is 4.92. The van der Waals surface area contributed by atoms with Crippen molar-refractivity contribution < 1.29 is 24.6 Å². The fourth-order valence-electron chi connectivity index (χ4n) is 1.26. The van der Waals surface area contributed by atoms with Gasteiger partial charge in [0.25, 0.3) is 5.91 Å². The summed E-state index contributed by atoms with van der Waals surface area (Å²) in [6, 6.07) is 4.99. The minimum absolute atomic E-state index is 0.245. The Bertz CT molecular complexity index is 488. The fourth-order valence-corrected chi connectivity index (χ4v) is 1.72. The Labute approximate surface area is 111 Å². The van der Waals surface area contributed by atoms with Crippen LogP contribution in [0, 0.1) is 0 Å². The quantitative estimate of drug-likeness (QED) is 0.755. The highest BCUT2D eigenvalue weighted by molar-refractivity contribution is 9.10. The van der Waals surface area contributed by atoms with E-state index in [-0.39, 0.29) is 5.56 Å². The molecule has 18 heavy (non-hydrogen) atoms. The third-order valence-electron chi connectivity index (χ3n) is 2.10. The van der Waals surface area contributed by atoms with Gasteiger partial charge < -0.3 is 15.5 Å². The Hall–Kier alpha value is -1.89. The van der Waals surface area contributed by atoms with E-state index in [1.807, 2.05) is 0 Å². The minimum atomic E-state index is -1.46. The number of aliphatic carboxylic acids is 2. The molecule has 0 spiro atoms. The molecule has 0 saturated carbocycles. The van der Waals surface area contributed by atoms with E-state index >= 15 is 0 Å². The van der Waals surface area contributed by atoms with Crippen molar-refractivity contribution >= 4 is 33.8 Å². The fraction of sp³-hybridized carbons (Fsp3) is 0.182. The maximum atomic E-state index is 11.8. The van der Waals surface area contributed by atoms with Crippen molar-refractivity contribution in [2.24, 2.45) is 0 Å². The Morgan fingerprint density at radius 2 is 1.83 bits per heavy atom. The lowest BCUT2D eigenvalue weighted by atomic mass is 10.1. The predicted octanol–water partition coefficient (Wildman–Crippen LogP) is 1.11. The van der Waals surface area contributed by atoms with E-state index in [9.17, 15) is 14.4 Å². The van der Waals surface area contributed by atoms with Gasteiger partial charge in [-0.25, -0.2) is 4.79 Å². The van der Waals surface area contributed by atoms with Gasteiger partial charge in [0.2, 0.25) is 0 Å². The van der Waals surface area contributed by atoms with Gasteiger partial charge in [0.05, 0.1) is 12.0 Å². The van der Waals surface area contributed by atoms with Gasteiger partial charge in [-0.05, 0) is 28.1 Å². The van der Waals surface area contributed by atoms with E-state index < -0.39 is 30.3 Å². The second kappa shape index (κ2) is 6.15. The molecule has 0 aliphatic rings. The van der Waals surface area contributed by atoms with Crippen molar-refractivity contribution in [2.75, 3.05) is 0 Å². The highest BCUT2D eigenvalue weighted by Crippen LogP contribution is 2.15. The molecule has 0 radical (unpaired) electrons. The number of carboxylic acids is 2. The summed E-state index contributed by atoms with van der Waals surface area (Å²) in [5, 5.41) is 19.5. The lowest BCUT2D eigenvalue weighted by molar-refractivity contribution is -0.145. The van der Waals surface area contributed by atoms with Crippen molar-refractivity contribution in [3.63, 3.8) is 0 Å². The van der Waals surface area contributed by atoms with Crippen LogP contribution in [0.4, 0.5) is 0 Å². The van der Waals surface area contributed by atoms with Gasteiger partial charge >= 0.3 is 11.9 Å². The molecule has 96 valence electrons. The summed E-state index contributed by atoms with van der Waals surface area (Å²) in [4.78, 5) is 33.0. The Morgan fingerprint density at radius 3 is 2.33 bits per heavy atom. The third-order valence-corrected chi connectivity index (χ3v) is 2.79. The number of carbonyl (C=O) groups is 3. The molecule has 0 fully saturated rings. The second-order valence-corrected chi connectivity index (χ2v) is 4.30. The molecule has 0 bridgehead atoms. The summed E-state index contributed by atoms with van der Waals surface area (Å²) in [7, 11) is 0. The summed E-state index contributed by atoms with van der Waals surface area (Å²) in [6.45, 7) is 0. The number of amides is 1. The molecule has 1 aromatic rings. The highest BCUT2D eigenvalue weighted by Gasteiger charge is 2.24. The van der Waals surface area contributed by atoms with Crippen LogP contribution in [-0.4, -0.2) is 34.1 Å². The number of nitrogens with one attached hydrogen (secondary N) is 1. The van der Waals surface area contributed by atoms with Crippen molar-refractivity contribution in [2.45, 2.75) is 12.5 Å². The first-order chi connectivity index (χ1) is 8.41. The summed E-state index contributed by atoms with van der Waals surface area (Å²) >= 11 is 3.15. The lowest BCUT2D eigenvalue weighted by Crippen LogP contribution is -2.42. The zero-order valence-corrected chi connectivity index (χ0v) is 10.7. The van der Waals surface area contributed by atoms with Crippen molar-refractivity contribution in [1.82, 2.24) is 5.32 Å². The molecule has 1 atom stereocenters. The van der Waals surface area contributed by atoms with E-state index in [1.165, 1.54) is 6.07 Å². The SMILES string of the molecule is O=C(O)C[C@H](NC(=O)c1ccccc1Br)C(=O)O. The van der Waals surface area contributed by atoms with E-state index in [4.69, 9.17) is 10.2 Å². The lowest BCUT2D eigenvalue weighted by Gasteiger charge is -2.12. The Morgan fingerprint density at radius 1 is 1.22 bits per heavy atom. The minimum Gasteiger partial charge on any atom is -0.481 e. The van der Waals surface area contributed by atoms with Crippen LogP contribution in [0.5, 0.6) is 0 Å². The Balaban J connectivity index is 2.82. The van der Waals surface area contributed by atoms with Crippen molar-refractivity contribution in [3.8, 4) is 0 Å². The second-order valence-electron chi connectivity index (χ2n) is 3.44. The van der Waals surface area contributed by atoms with Gasteiger partial charge in [-0.3, -0.25) is 9.59 Å². The highest BCUT2D eigenvalue weighted by atomic mass is 79.9. The van der Waals surface area contributed by atoms with Crippen LogP contribution >= 0.6 is 15.9 Å². The van der Waals surface area contributed by atoms with Crippen LogP contribution in [0.2, 0.25) is 0 Å². The summed E-state index contributed by atoms with van der Waals surface area (Å²) in [5.74, 6) is -3.33. The Kier molecular flexibility index (Phi) is 4.85. The molecule has 0 aliphatic heterocycles. The molecule has 1 aromatic carbocycles. The molecule has 0 saturated heterocycles. The van der Waals surface area contributed by atoms with E-state index in [1.54, 1.807) is 18.2 Å². The molecule has 1 rings (SSSR count). The number of carbonyl (C=O) groups excluding carboxylic acids is 1. The maximum absolute atomic E-state index is 11.8. The average Bonchev–Trinajstić information content (AvgIpc) is 2.27. The zero-order valence-electron chi connectivity index (χ0n) is 9.09. The number of benzene rings is 1. The van der Waals surface area contributed by atoms with Gasteiger partial charge in [0.15, 0.2) is 0 Å². The topological polar surface area (TPSA) is 104 Å². The average molecular weight is 316 g/mol. The van der Waals surface area contributed by atoms with Crippen LogP contribution in [0.15, 0.2) is 28.7 Å². The predicted molar refractivity (Wildman–Crippen MR) is 65.3 cm³/mol. The van der Waals surface area contributed by atoms with Gasteiger partial charge in [0, 0.05) is 4.47 Å². The largest absolute Gasteiger partial charge is 0.481 e. The van der Waals surface area contributed by atoms with Crippen LogP contribution in [0.25, 0.3) is 0 Å². The molecule has 6 nitrogen and oxygen atoms in total. The maximum Gasteiger partial charge on any atom is 0.326 e. The van der Waals surface area contributed by atoms with Gasteiger partial charge in [0.1, 0.15) is 6.04 Å². The molecule has 0 unspecified atom stereocenters. The smallest absolute Gasteiger partial charge is 0.326 e. The molecule has 3 N–H and O–H groups in total. The molecular weight excluding hydrogens is 306 g/mol. The van der Waals surface area contributed by atoms with Gasteiger partial charge in [-0.2, -0.15) is 0 Å². The third kappa shape index (κ3) is 3.85. The number of rotatable bonds is 5. The molecule has 0 aliphatic carbocycles. The van der Waals surface area contributed by atoms with Crippen LogP contribution < -0.4 is 5.32 Å². The van der Waals surface area contributed by atoms with Crippen LogP contribution in [-0.2, 0) is 9.59 Å². The van der Waals surface area contributed by atoms with E-state index in [2.05, 4.69) is 21.2 Å². The summed E-state index contributed by atoms with van der Waals surface area (Å²) < 4.78 is 0.502. The van der Waals surface area contributed by atoms with E-state index in [0.29, 0.717) is 4.47 Å². The van der Waals surface area contributed by atoms with Crippen molar-refractivity contribution in [3.05, 3.63) is 34.3 Å². The van der Waals surface area contributed by atoms with Crippen LogP contribution in [0.3, 0.4) is 0 Å². The van der Waals surface area contributed by atoms with Crippen LogP contribution in [0.1, 0.15) is 16.8 Å². The monoisotopic (exact) mass is 315 g/mol. The normalized spacial score (nSPS) is 11.6. The molecule has 1 amide bonds. The molecular formula is C11H10BrNO5. The number of carboxylic acid groups (broad SMARTS) is 2. The number of hydrogen-bond acceptors (Lipinski definition) is 3. The first-order valence-corrected chi connectivity index (χ1v) is 5.71. The van der Waals surface area contributed by atoms with Crippen molar-refractivity contribution in [1.29, 1.82) is 0 Å². The van der Waals surface area contributed by atoms with Gasteiger partial charge in [-0.1, -0.05) is 12.1 Å². The van der Waals surface area contributed by atoms with Gasteiger partial charge in [-0.15, -0.1) is 0 Å². The first kappa shape index (κ1) is 14.2. The zero-order chi connectivity index (χ0) is 13.7. The molecule has 7 heteroatoms. The summed E-state index contributed by atoms with van der Waals surface area (Å²) in [6.07, 6.45) is -0.675. The molecule has 0 aromatic heterocycles. The standard InChI is InChI=1S/C11H10BrNO5/c12-7-4-2-1-3-6(7)10(16)13-8(11(17)18)5-9(14)15/h1-4,8H,5H2,(H,13,16)(H,14,15)(H,17,18)/t8-/m0/s1. The summed E-state index contributed by atoms with van der Waals surface area (Å²) in [5.41, 5.74) is 0.245. The number of hydrogen-bond donors (Lipinski definition) is 3. The molecule has 0 heterocycles. The number of halogens is 1. The van der Waals surface area contributed by atoms with E-state index in [0.717, 1.165) is 0 Å².